The highest BCUT2D eigenvalue weighted by molar-refractivity contribution is 7.89. The summed E-state index contributed by atoms with van der Waals surface area (Å²) in [5.74, 6) is 0.262. The molecule has 1 heterocycles. The highest BCUT2D eigenvalue weighted by Crippen LogP contribution is 2.26. The van der Waals surface area contributed by atoms with Crippen molar-refractivity contribution in [2.75, 3.05) is 53.0 Å². The molecule has 0 unspecified atom stereocenters. The van der Waals surface area contributed by atoms with Crippen LogP contribution in [-0.4, -0.2) is 83.1 Å². The van der Waals surface area contributed by atoms with Crippen molar-refractivity contribution in [2.24, 2.45) is 0 Å². The Labute approximate surface area is 260 Å². The molecule has 0 aliphatic carbocycles. The normalized spacial score (nSPS) is 14.5. The van der Waals surface area contributed by atoms with Crippen molar-refractivity contribution in [1.29, 1.82) is 0 Å². The molecule has 1 aliphatic heterocycles. The van der Waals surface area contributed by atoms with Crippen LogP contribution in [0.25, 0.3) is 0 Å². The van der Waals surface area contributed by atoms with E-state index >= 15 is 0 Å². The number of hydrogen-bond acceptors (Lipinski definition) is 7. The molecule has 1 saturated heterocycles. The fraction of sp³-hybridized carbons (Fsp3) is 0.394. The number of aryl methyl sites for hydroxylation is 1. The number of carbonyl (C=O) groups is 2. The fourth-order valence-corrected chi connectivity index (χ4v) is 6.16. The summed E-state index contributed by atoms with van der Waals surface area (Å²) in [6.07, 6.45) is 0.527. The molecule has 44 heavy (non-hydrogen) atoms. The molecule has 0 saturated carbocycles. The molecule has 1 atom stereocenters. The van der Waals surface area contributed by atoms with E-state index in [1.54, 1.807) is 43.2 Å². The average Bonchev–Trinajstić information content (AvgIpc) is 3.05. The zero-order valence-corrected chi connectivity index (χ0v) is 26.2. The Balaban J connectivity index is 1.55. The van der Waals surface area contributed by atoms with Gasteiger partial charge >= 0.3 is 0 Å². The van der Waals surface area contributed by atoms with Crippen molar-refractivity contribution in [2.45, 2.75) is 37.2 Å². The number of nitrogens with one attached hydrogen (secondary N) is 2. The summed E-state index contributed by atoms with van der Waals surface area (Å²) in [6.45, 7) is 6.40. The van der Waals surface area contributed by atoms with Gasteiger partial charge in [-0.2, -0.15) is 0 Å². The van der Waals surface area contributed by atoms with Crippen molar-refractivity contribution in [3.05, 3.63) is 95.6 Å². The standard InChI is InChI=1S/C33H42N4O6S/c1-3-35-44(40,41)30-16-11-26(12-17-30)13-18-31(38)37(25-27-9-14-29(42-2)15-10-27)32(28-7-5-4-6-8-28)33(39)34-19-20-36-21-23-43-24-22-36/h4-12,14-17,32,35H,3,13,18-25H2,1-2H3,(H,34,39)/t32-/m0/s1. The third kappa shape index (κ3) is 9.36. The maximum Gasteiger partial charge on any atom is 0.247 e. The van der Waals surface area contributed by atoms with Gasteiger partial charge in [0.15, 0.2) is 0 Å². The zero-order valence-electron chi connectivity index (χ0n) is 25.4. The number of sulfonamides is 1. The Bertz CT molecular complexity index is 1440. The minimum Gasteiger partial charge on any atom is -0.497 e. The number of nitrogens with zero attached hydrogens (tertiary/aromatic N) is 2. The van der Waals surface area contributed by atoms with Crippen molar-refractivity contribution in [3.63, 3.8) is 0 Å². The van der Waals surface area contributed by atoms with E-state index in [1.807, 2.05) is 54.6 Å². The molecule has 2 amide bonds. The van der Waals surface area contributed by atoms with Gasteiger partial charge in [0, 0.05) is 45.7 Å². The summed E-state index contributed by atoms with van der Waals surface area (Å²) in [5, 5.41) is 3.07. The fourth-order valence-electron chi connectivity index (χ4n) is 5.12. The SMILES string of the molecule is CCNS(=O)(=O)c1ccc(CCC(=O)N(Cc2ccc(OC)cc2)[C@H](C(=O)NCCN2CCOCC2)c2ccccc2)cc1. The number of ether oxygens (including phenoxy) is 2. The summed E-state index contributed by atoms with van der Waals surface area (Å²) in [7, 11) is -1.97. The molecule has 1 aliphatic rings. The van der Waals surface area contributed by atoms with Crippen LogP contribution in [0.1, 0.15) is 36.1 Å². The molecular formula is C33H42N4O6S. The molecule has 3 aromatic rings. The molecule has 0 spiro atoms. The van der Waals surface area contributed by atoms with Gasteiger partial charge in [-0.3, -0.25) is 14.5 Å². The van der Waals surface area contributed by atoms with Crippen LogP contribution in [0.3, 0.4) is 0 Å². The van der Waals surface area contributed by atoms with Crippen molar-refractivity contribution in [3.8, 4) is 5.75 Å². The zero-order chi connectivity index (χ0) is 31.4. The van der Waals surface area contributed by atoms with Crippen LogP contribution in [0.2, 0.25) is 0 Å². The summed E-state index contributed by atoms with van der Waals surface area (Å²) in [6, 6.07) is 22.5. The van der Waals surface area contributed by atoms with Gasteiger partial charge in [-0.15, -0.1) is 0 Å². The Kier molecular flexibility index (Phi) is 12.3. The highest BCUT2D eigenvalue weighted by atomic mass is 32.2. The lowest BCUT2D eigenvalue weighted by molar-refractivity contribution is -0.141. The maximum atomic E-state index is 14.0. The van der Waals surface area contributed by atoms with Crippen molar-refractivity contribution >= 4 is 21.8 Å². The van der Waals surface area contributed by atoms with Gasteiger partial charge in [-0.25, -0.2) is 13.1 Å². The molecule has 10 nitrogen and oxygen atoms in total. The molecule has 0 aromatic heterocycles. The van der Waals surface area contributed by atoms with Gasteiger partial charge in [0.05, 0.1) is 25.2 Å². The predicted octanol–water partition coefficient (Wildman–Crippen LogP) is 3.14. The van der Waals surface area contributed by atoms with Crippen LogP contribution in [0.15, 0.2) is 83.8 Å². The maximum absolute atomic E-state index is 14.0. The van der Waals surface area contributed by atoms with Crippen LogP contribution < -0.4 is 14.8 Å². The number of rotatable bonds is 15. The molecule has 1 fully saturated rings. The first kappa shape index (κ1) is 33.1. The van der Waals surface area contributed by atoms with Crippen LogP contribution in [0, 0.1) is 0 Å². The second kappa shape index (κ2) is 16.3. The molecule has 0 bridgehead atoms. The van der Waals surface area contributed by atoms with Crippen LogP contribution in [0.5, 0.6) is 5.75 Å². The van der Waals surface area contributed by atoms with E-state index in [0.29, 0.717) is 45.0 Å². The number of carbonyl (C=O) groups excluding carboxylic acids is 2. The lowest BCUT2D eigenvalue weighted by Crippen LogP contribution is -2.46. The summed E-state index contributed by atoms with van der Waals surface area (Å²) in [5.41, 5.74) is 2.40. The Morgan fingerprint density at radius 1 is 0.955 bits per heavy atom. The average molecular weight is 623 g/mol. The Hall–Kier alpha value is -3.77. The van der Waals surface area contributed by atoms with Gasteiger partial charge in [0.25, 0.3) is 0 Å². The van der Waals surface area contributed by atoms with E-state index in [9.17, 15) is 18.0 Å². The number of morpholine rings is 1. The predicted molar refractivity (Wildman–Crippen MR) is 169 cm³/mol. The summed E-state index contributed by atoms with van der Waals surface area (Å²) >= 11 is 0. The topological polar surface area (TPSA) is 117 Å². The highest BCUT2D eigenvalue weighted by Gasteiger charge is 2.31. The molecule has 236 valence electrons. The van der Waals surface area contributed by atoms with Gasteiger partial charge in [0.2, 0.25) is 21.8 Å². The summed E-state index contributed by atoms with van der Waals surface area (Å²) < 4.78 is 37.9. The van der Waals surface area contributed by atoms with Gasteiger partial charge in [-0.1, -0.05) is 61.5 Å². The first-order valence-corrected chi connectivity index (χ1v) is 16.4. The van der Waals surface area contributed by atoms with Crippen molar-refractivity contribution in [1.82, 2.24) is 19.8 Å². The molecule has 11 heteroatoms. The van der Waals surface area contributed by atoms with Crippen LogP contribution >= 0.6 is 0 Å². The van der Waals surface area contributed by atoms with Gasteiger partial charge in [-0.05, 0) is 47.4 Å². The van der Waals surface area contributed by atoms with Gasteiger partial charge in [0.1, 0.15) is 11.8 Å². The second-order valence-electron chi connectivity index (χ2n) is 10.6. The number of benzene rings is 3. The lowest BCUT2D eigenvalue weighted by atomic mass is 10.0. The van der Waals surface area contributed by atoms with Crippen LogP contribution in [-0.2, 0) is 37.3 Å². The molecule has 2 N–H and O–H groups in total. The first-order valence-electron chi connectivity index (χ1n) is 14.9. The van der Waals surface area contributed by atoms with Crippen LogP contribution in [0.4, 0.5) is 0 Å². The monoisotopic (exact) mass is 622 g/mol. The van der Waals surface area contributed by atoms with E-state index < -0.39 is 16.1 Å². The largest absolute Gasteiger partial charge is 0.497 e. The van der Waals surface area contributed by atoms with Crippen molar-refractivity contribution < 1.29 is 27.5 Å². The first-order chi connectivity index (χ1) is 21.3. The Morgan fingerprint density at radius 3 is 2.25 bits per heavy atom. The third-order valence-electron chi connectivity index (χ3n) is 7.53. The lowest BCUT2D eigenvalue weighted by Gasteiger charge is -2.32. The minimum atomic E-state index is -3.57. The second-order valence-corrected chi connectivity index (χ2v) is 12.3. The number of hydrogen-bond donors (Lipinski definition) is 2. The summed E-state index contributed by atoms with van der Waals surface area (Å²) in [4.78, 5) is 31.9. The molecular weight excluding hydrogens is 580 g/mol. The van der Waals surface area contributed by atoms with E-state index in [1.165, 1.54) is 0 Å². The molecule has 0 radical (unpaired) electrons. The third-order valence-corrected chi connectivity index (χ3v) is 9.10. The quantitative estimate of drug-likeness (QED) is 0.268. The smallest absolute Gasteiger partial charge is 0.247 e. The van der Waals surface area contributed by atoms with E-state index in [0.717, 1.165) is 29.8 Å². The van der Waals surface area contributed by atoms with Gasteiger partial charge < -0.3 is 19.7 Å². The van der Waals surface area contributed by atoms with E-state index in [4.69, 9.17) is 9.47 Å². The number of amides is 2. The van der Waals surface area contributed by atoms with E-state index in [2.05, 4.69) is 14.9 Å². The van der Waals surface area contributed by atoms with E-state index in [-0.39, 0.29) is 29.7 Å². The molecule has 4 rings (SSSR count). The number of methoxy groups -OCH3 is 1. The molecule has 3 aromatic carbocycles. The minimum absolute atomic E-state index is 0.139. The Morgan fingerprint density at radius 2 is 1.61 bits per heavy atom.